The van der Waals surface area contributed by atoms with E-state index < -0.39 is 0 Å². The molecule has 1 aliphatic rings. The maximum atomic E-state index is 12.5. The van der Waals surface area contributed by atoms with E-state index in [1.807, 2.05) is 19.1 Å². The molecule has 0 saturated heterocycles. The molecule has 0 radical (unpaired) electrons. The first-order valence-corrected chi connectivity index (χ1v) is 7.76. The number of aromatic amines is 1. The molecule has 2 aromatic rings. The first-order valence-electron chi connectivity index (χ1n) is 7.76. The van der Waals surface area contributed by atoms with E-state index in [2.05, 4.69) is 24.1 Å². The molecule has 0 unspecified atom stereocenters. The molecular weight excluding hydrogens is 292 g/mol. The van der Waals surface area contributed by atoms with Crippen LogP contribution in [0.4, 0.5) is 0 Å². The molecule has 1 aromatic carbocycles. The summed E-state index contributed by atoms with van der Waals surface area (Å²) in [7, 11) is 1.70. The van der Waals surface area contributed by atoms with E-state index in [9.17, 15) is 9.59 Å². The second-order valence-corrected chi connectivity index (χ2v) is 6.99. The predicted octanol–water partition coefficient (Wildman–Crippen LogP) is 2.46. The first-order chi connectivity index (χ1) is 10.8. The van der Waals surface area contributed by atoms with Crippen molar-refractivity contribution in [1.29, 1.82) is 0 Å². The molecule has 5 heteroatoms. The Morgan fingerprint density at radius 1 is 1.30 bits per heavy atom. The zero-order valence-corrected chi connectivity index (χ0v) is 13.9. The summed E-state index contributed by atoms with van der Waals surface area (Å²) in [6.07, 6.45) is 0.750. The van der Waals surface area contributed by atoms with Crippen LogP contribution >= 0.6 is 0 Å². The van der Waals surface area contributed by atoms with Crippen LogP contribution in [0.2, 0.25) is 0 Å². The molecule has 2 N–H and O–H groups in total. The third kappa shape index (κ3) is 2.36. The van der Waals surface area contributed by atoms with E-state index >= 15 is 0 Å². The zero-order chi connectivity index (χ0) is 16.8. The van der Waals surface area contributed by atoms with Crippen LogP contribution in [0.5, 0.6) is 0 Å². The summed E-state index contributed by atoms with van der Waals surface area (Å²) >= 11 is 0. The molecule has 3 rings (SSSR count). The normalized spacial score (nSPS) is 25.8. The minimum Gasteiger partial charge on any atom is -0.378 e. The Morgan fingerprint density at radius 3 is 2.65 bits per heavy atom. The summed E-state index contributed by atoms with van der Waals surface area (Å²) in [5.41, 5.74) is -0.380. The van der Waals surface area contributed by atoms with Gasteiger partial charge in [0, 0.05) is 24.0 Å². The molecule has 1 heterocycles. The first kappa shape index (κ1) is 15.7. The minimum absolute atomic E-state index is 0.00919. The molecule has 0 bridgehead atoms. The fourth-order valence-electron chi connectivity index (χ4n) is 3.29. The number of rotatable bonds is 3. The molecule has 23 heavy (non-hydrogen) atoms. The molecule has 1 fully saturated rings. The number of fused-ring (bicyclic) bond motifs is 1. The van der Waals surface area contributed by atoms with Gasteiger partial charge < -0.3 is 15.0 Å². The molecular formula is C18H22N2O3. The average Bonchev–Trinajstić information content (AvgIpc) is 2.54. The molecule has 1 aliphatic carbocycles. The number of carbonyl (C=O) groups is 1. The number of hydrogen-bond donors (Lipinski definition) is 2. The Kier molecular flexibility index (Phi) is 3.56. The van der Waals surface area contributed by atoms with Gasteiger partial charge in [-0.05, 0) is 30.9 Å². The van der Waals surface area contributed by atoms with Crippen molar-refractivity contribution in [1.82, 2.24) is 10.3 Å². The second-order valence-electron chi connectivity index (χ2n) is 6.99. The Hall–Kier alpha value is -2.14. The van der Waals surface area contributed by atoms with Gasteiger partial charge in [-0.1, -0.05) is 32.0 Å². The highest BCUT2D eigenvalue weighted by molar-refractivity contribution is 5.96. The van der Waals surface area contributed by atoms with Crippen molar-refractivity contribution >= 4 is 16.7 Å². The van der Waals surface area contributed by atoms with E-state index in [0.717, 1.165) is 11.8 Å². The second kappa shape index (κ2) is 5.20. The zero-order valence-electron chi connectivity index (χ0n) is 13.9. The van der Waals surface area contributed by atoms with Crippen LogP contribution in [0.25, 0.3) is 10.8 Å². The highest BCUT2D eigenvalue weighted by Gasteiger charge is 2.58. The van der Waals surface area contributed by atoms with Gasteiger partial charge in [0.25, 0.3) is 11.5 Å². The summed E-state index contributed by atoms with van der Waals surface area (Å²) in [4.78, 5) is 27.3. The van der Waals surface area contributed by atoms with Gasteiger partial charge in [0.1, 0.15) is 5.69 Å². The van der Waals surface area contributed by atoms with Gasteiger partial charge in [-0.3, -0.25) is 9.59 Å². The number of methoxy groups -OCH3 is 1. The van der Waals surface area contributed by atoms with Crippen LogP contribution in [0.1, 0.15) is 37.7 Å². The molecule has 1 amide bonds. The molecule has 122 valence electrons. The fourth-order valence-corrected chi connectivity index (χ4v) is 3.29. The van der Waals surface area contributed by atoms with Gasteiger partial charge in [-0.15, -0.1) is 0 Å². The van der Waals surface area contributed by atoms with Crippen LogP contribution in [-0.2, 0) is 4.74 Å². The van der Waals surface area contributed by atoms with Gasteiger partial charge in [0.05, 0.1) is 5.60 Å². The van der Waals surface area contributed by atoms with Crippen molar-refractivity contribution in [3.63, 3.8) is 0 Å². The van der Waals surface area contributed by atoms with E-state index in [1.165, 1.54) is 0 Å². The SMILES string of the molecule is CO[C@@]1(C)C[C@@H](NC(=O)c2cc3ccccc3c(=O)[nH]2)C1(C)C. The van der Waals surface area contributed by atoms with Gasteiger partial charge in [-0.2, -0.15) is 0 Å². The van der Waals surface area contributed by atoms with Gasteiger partial charge in [0.2, 0.25) is 0 Å². The standard InChI is InChI=1S/C18H22N2O3/c1-17(2)14(10-18(17,3)23-4)20-16(22)13-9-11-7-5-6-8-12(11)15(21)19-13/h5-9,14H,10H2,1-4H3,(H,19,21)(H,20,22)/t14-,18+/m1/s1. The molecule has 0 spiro atoms. The van der Waals surface area contributed by atoms with E-state index in [4.69, 9.17) is 4.74 Å². The van der Waals surface area contributed by atoms with Gasteiger partial charge in [0.15, 0.2) is 0 Å². The fraction of sp³-hybridized carbons (Fsp3) is 0.444. The van der Waals surface area contributed by atoms with Gasteiger partial charge >= 0.3 is 0 Å². The van der Waals surface area contributed by atoms with Crippen molar-refractivity contribution < 1.29 is 9.53 Å². The number of amides is 1. The third-order valence-electron chi connectivity index (χ3n) is 5.58. The number of ether oxygens (including phenoxy) is 1. The predicted molar refractivity (Wildman–Crippen MR) is 89.6 cm³/mol. The van der Waals surface area contributed by atoms with Gasteiger partial charge in [-0.25, -0.2) is 0 Å². The minimum atomic E-state index is -0.260. The van der Waals surface area contributed by atoms with E-state index in [1.54, 1.807) is 25.3 Å². The Labute approximate surface area is 135 Å². The maximum Gasteiger partial charge on any atom is 0.268 e. The lowest BCUT2D eigenvalue weighted by atomic mass is 9.56. The molecule has 5 nitrogen and oxygen atoms in total. The molecule has 0 aliphatic heterocycles. The topological polar surface area (TPSA) is 71.2 Å². The maximum absolute atomic E-state index is 12.5. The highest BCUT2D eigenvalue weighted by atomic mass is 16.5. The number of pyridine rings is 1. The van der Waals surface area contributed by atoms with Crippen LogP contribution in [-0.4, -0.2) is 29.6 Å². The number of carbonyl (C=O) groups excluding carboxylic acids is 1. The number of benzene rings is 1. The molecule has 2 atom stereocenters. The van der Waals surface area contributed by atoms with E-state index in [-0.39, 0.29) is 34.2 Å². The lowest BCUT2D eigenvalue weighted by Gasteiger charge is -2.59. The summed E-state index contributed by atoms with van der Waals surface area (Å²) in [6, 6.07) is 8.95. The Bertz CT molecular complexity index is 824. The molecule has 1 aromatic heterocycles. The highest BCUT2D eigenvalue weighted by Crippen LogP contribution is 2.51. The number of H-pyrrole nitrogens is 1. The van der Waals surface area contributed by atoms with E-state index in [0.29, 0.717) is 5.39 Å². The monoisotopic (exact) mass is 314 g/mol. The summed E-state index contributed by atoms with van der Waals surface area (Å²) in [5.74, 6) is -0.260. The van der Waals surface area contributed by atoms with Crippen molar-refractivity contribution in [2.24, 2.45) is 5.41 Å². The largest absolute Gasteiger partial charge is 0.378 e. The van der Waals surface area contributed by atoms with Crippen LogP contribution < -0.4 is 10.9 Å². The Balaban J connectivity index is 1.84. The number of nitrogens with one attached hydrogen (secondary N) is 2. The quantitative estimate of drug-likeness (QED) is 0.914. The smallest absolute Gasteiger partial charge is 0.268 e. The summed E-state index contributed by atoms with van der Waals surface area (Å²) in [6.45, 7) is 6.20. The van der Waals surface area contributed by atoms with Crippen molar-refractivity contribution in [3.8, 4) is 0 Å². The Morgan fingerprint density at radius 2 is 2.00 bits per heavy atom. The average molecular weight is 314 g/mol. The molecule has 1 saturated carbocycles. The van der Waals surface area contributed by atoms with Crippen LogP contribution in [0.15, 0.2) is 35.1 Å². The van der Waals surface area contributed by atoms with Crippen LogP contribution in [0.3, 0.4) is 0 Å². The van der Waals surface area contributed by atoms with Crippen molar-refractivity contribution in [2.45, 2.75) is 38.8 Å². The summed E-state index contributed by atoms with van der Waals surface area (Å²) < 4.78 is 5.57. The van der Waals surface area contributed by atoms with Crippen molar-refractivity contribution in [2.75, 3.05) is 7.11 Å². The van der Waals surface area contributed by atoms with Crippen LogP contribution in [0, 0.1) is 5.41 Å². The number of aromatic nitrogens is 1. The number of hydrogen-bond acceptors (Lipinski definition) is 3. The third-order valence-corrected chi connectivity index (χ3v) is 5.58. The summed E-state index contributed by atoms with van der Waals surface area (Å²) in [5, 5.41) is 4.36. The lowest BCUT2D eigenvalue weighted by Crippen LogP contribution is -2.68. The lowest BCUT2D eigenvalue weighted by molar-refractivity contribution is -0.177. The van der Waals surface area contributed by atoms with Crippen molar-refractivity contribution in [3.05, 3.63) is 46.4 Å².